The van der Waals surface area contributed by atoms with Crippen molar-refractivity contribution in [3.8, 4) is 0 Å². The van der Waals surface area contributed by atoms with Crippen LogP contribution in [0, 0.1) is 5.92 Å². The molecular formula is C16H22N2O3. The van der Waals surface area contributed by atoms with Crippen molar-refractivity contribution < 1.29 is 14.7 Å². The van der Waals surface area contributed by atoms with E-state index in [4.69, 9.17) is 0 Å². The SMILES string of the molecule is CC(C)C1CCCN1C(=O)N(C)c1ccccc1C(=O)O. The molecule has 1 saturated heterocycles. The quantitative estimate of drug-likeness (QED) is 0.930. The number of carboxylic acid groups (broad SMARTS) is 1. The fourth-order valence-electron chi connectivity index (χ4n) is 2.97. The Labute approximate surface area is 125 Å². The molecule has 0 radical (unpaired) electrons. The Morgan fingerprint density at radius 2 is 2.00 bits per heavy atom. The first-order chi connectivity index (χ1) is 9.93. The number of benzene rings is 1. The zero-order valence-corrected chi connectivity index (χ0v) is 12.7. The summed E-state index contributed by atoms with van der Waals surface area (Å²) in [5, 5.41) is 9.25. The van der Waals surface area contributed by atoms with Crippen LogP contribution >= 0.6 is 0 Å². The van der Waals surface area contributed by atoms with Gasteiger partial charge in [0, 0.05) is 19.6 Å². The molecule has 0 aromatic heterocycles. The number of rotatable bonds is 3. The smallest absolute Gasteiger partial charge is 0.337 e. The fourth-order valence-corrected chi connectivity index (χ4v) is 2.97. The monoisotopic (exact) mass is 290 g/mol. The summed E-state index contributed by atoms with van der Waals surface area (Å²) >= 11 is 0. The summed E-state index contributed by atoms with van der Waals surface area (Å²) in [6.45, 7) is 4.96. The molecule has 5 heteroatoms. The normalized spacial score (nSPS) is 18.1. The van der Waals surface area contributed by atoms with E-state index in [2.05, 4.69) is 13.8 Å². The van der Waals surface area contributed by atoms with E-state index < -0.39 is 5.97 Å². The highest BCUT2D eigenvalue weighted by Crippen LogP contribution is 2.27. The second-order valence-electron chi connectivity index (χ2n) is 5.81. The number of carbonyl (C=O) groups excluding carboxylic acids is 1. The zero-order chi connectivity index (χ0) is 15.6. The number of carboxylic acids is 1. The molecule has 1 heterocycles. The van der Waals surface area contributed by atoms with Crippen molar-refractivity contribution in [2.45, 2.75) is 32.7 Å². The molecule has 1 N–H and O–H groups in total. The number of aromatic carboxylic acids is 1. The number of amides is 2. The largest absolute Gasteiger partial charge is 0.478 e. The lowest BCUT2D eigenvalue weighted by Gasteiger charge is -2.32. The first-order valence-corrected chi connectivity index (χ1v) is 7.30. The van der Waals surface area contributed by atoms with Gasteiger partial charge in [-0.1, -0.05) is 26.0 Å². The molecular weight excluding hydrogens is 268 g/mol. The zero-order valence-electron chi connectivity index (χ0n) is 12.7. The van der Waals surface area contributed by atoms with Gasteiger partial charge in [0.15, 0.2) is 0 Å². The lowest BCUT2D eigenvalue weighted by Crippen LogP contribution is -2.46. The van der Waals surface area contributed by atoms with Crippen molar-refractivity contribution >= 4 is 17.7 Å². The van der Waals surface area contributed by atoms with Gasteiger partial charge in [-0.15, -0.1) is 0 Å². The first kappa shape index (κ1) is 15.4. The summed E-state index contributed by atoms with van der Waals surface area (Å²) in [5.74, 6) is -0.619. The Kier molecular flexibility index (Phi) is 4.50. The Bertz CT molecular complexity index is 542. The molecule has 2 rings (SSSR count). The average molecular weight is 290 g/mol. The number of nitrogens with zero attached hydrogens (tertiary/aromatic N) is 2. The van der Waals surface area contributed by atoms with Crippen LogP contribution in [0.5, 0.6) is 0 Å². The minimum Gasteiger partial charge on any atom is -0.478 e. The highest BCUT2D eigenvalue weighted by molar-refractivity contribution is 6.01. The number of para-hydroxylation sites is 1. The predicted molar refractivity (Wildman–Crippen MR) is 81.8 cm³/mol. The molecule has 1 aromatic rings. The molecule has 0 aliphatic carbocycles. The third kappa shape index (κ3) is 3.01. The van der Waals surface area contributed by atoms with Gasteiger partial charge in [-0.25, -0.2) is 9.59 Å². The number of anilines is 1. The van der Waals surface area contributed by atoms with E-state index in [0.717, 1.165) is 19.4 Å². The summed E-state index contributed by atoms with van der Waals surface area (Å²) < 4.78 is 0. The van der Waals surface area contributed by atoms with Gasteiger partial charge in [0.1, 0.15) is 0 Å². The van der Waals surface area contributed by atoms with Crippen LogP contribution in [0.15, 0.2) is 24.3 Å². The van der Waals surface area contributed by atoms with Crippen molar-refractivity contribution in [1.29, 1.82) is 0 Å². The molecule has 1 unspecified atom stereocenters. The van der Waals surface area contributed by atoms with Gasteiger partial charge >= 0.3 is 12.0 Å². The van der Waals surface area contributed by atoms with Crippen LogP contribution in [0.4, 0.5) is 10.5 Å². The number of likely N-dealkylation sites (tertiary alicyclic amines) is 1. The third-order valence-electron chi connectivity index (χ3n) is 4.10. The van der Waals surface area contributed by atoms with Crippen LogP contribution in [0.2, 0.25) is 0 Å². The molecule has 1 aliphatic rings. The second kappa shape index (κ2) is 6.16. The second-order valence-corrected chi connectivity index (χ2v) is 5.81. The van der Waals surface area contributed by atoms with E-state index >= 15 is 0 Å². The van der Waals surface area contributed by atoms with Crippen LogP contribution in [0.3, 0.4) is 0 Å². The molecule has 0 bridgehead atoms. The van der Waals surface area contributed by atoms with Crippen LogP contribution in [-0.2, 0) is 0 Å². The Morgan fingerprint density at radius 3 is 2.62 bits per heavy atom. The van der Waals surface area contributed by atoms with E-state index in [1.165, 1.54) is 11.0 Å². The van der Waals surface area contributed by atoms with E-state index in [1.54, 1.807) is 25.2 Å². The lowest BCUT2D eigenvalue weighted by atomic mass is 10.0. The lowest BCUT2D eigenvalue weighted by molar-refractivity contribution is 0.0697. The maximum Gasteiger partial charge on any atom is 0.337 e. The van der Waals surface area contributed by atoms with Crippen LogP contribution in [0.1, 0.15) is 37.0 Å². The Hall–Kier alpha value is -2.04. The number of hydrogen-bond donors (Lipinski definition) is 1. The summed E-state index contributed by atoms with van der Waals surface area (Å²) in [6, 6.07) is 6.71. The van der Waals surface area contributed by atoms with Crippen LogP contribution in [0.25, 0.3) is 0 Å². The maximum absolute atomic E-state index is 12.7. The molecule has 1 aromatic carbocycles. The van der Waals surface area contributed by atoms with Crippen molar-refractivity contribution in [3.05, 3.63) is 29.8 Å². The predicted octanol–water partition coefficient (Wildman–Crippen LogP) is 3.06. The Morgan fingerprint density at radius 1 is 1.33 bits per heavy atom. The molecule has 0 spiro atoms. The summed E-state index contributed by atoms with van der Waals surface area (Å²) in [5.41, 5.74) is 0.582. The molecule has 114 valence electrons. The molecule has 2 amide bonds. The third-order valence-corrected chi connectivity index (χ3v) is 4.10. The van der Waals surface area contributed by atoms with Gasteiger partial charge in [-0.05, 0) is 30.9 Å². The van der Waals surface area contributed by atoms with E-state index in [0.29, 0.717) is 11.6 Å². The van der Waals surface area contributed by atoms with Gasteiger partial charge in [0.25, 0.3) is 0 Å². The molecule has 0 saturated carbocycles. The van der Waals surface area contributed by atoms with Crippen molar-refractivity contribution in [2.75, 3.05) is 18.5 Å². The summed E-state index contributed by atoms with van der Waals surface area (Å²) in [7, 11) is 1.64. The van der Waals surface area contributed by atoms with Crippen molar-refractivity contribution in [3.63, 3.8) is 0 Å². The number of carbonyl (C=O) groups is 2. The van der Waals surface area contributed by atoms with Gasteiger partial charge in [-0.3, -0.25) is 4.90 Å². The number of hydrogen-bond acceptors (Lipinski definition) is 2. The highest BCUT2D eigenvalue weighted by Gasteiger charge is 2.33. The summed E-state index contributed by atoms with van der Waals surface area (Å²) in [4.78, 5) is 27.3. The van der Waals surface area contributed by atoms with Crippen molar-refractivity contribution in [2.24, 2.45) is 5.92 Å². The standard InChI is InChI=1S/C16H22N2O3/c1-11(2)13-9-6-10-18(13)16(21)17(3)14-8-5-4-7-12(14)15(19)20/h4-5,7-8,11,13H,6,9-10H2,1-3H3,(H,19,20). The Balaban J connectivity index is 2.26. The van der Waals surface area contributed by atoms with Crippen molar-refractivity contribution in [1.82, 2.24) is 4.90 Å². The molecule has 1 aliphatic heterocycles. The van der Waals surface area contributed by atoms with E-state index in [1.807, 2.05) is 4.90 Å². The average Bonchev–Trinajstić information content (AvgIpc) is 2.95. The number of urea groups is 1. The molecule has 1 fully saturated rings. The summed E-state index contributed by atoms with van der Waals surface area (Å²) in [6.07, 6.45) is 2.01. The first-order valence-electron chi connectivity index (χ1n) is 7.30. The van der Waals surface area contributed by atoms with Gasteiger partial charge in [0.05, 0.1) is 11.3 Å². The molecule has 1 atom stereocenters. The minimum atomic E-state index is -1.02. The molecule has 5 nitrogen and oxygen atoms in total. The van der Waals surface area contributed by atoms with Crippen LogP contribution < -0.4 is 4.90 Å². The van der Waals surface area contributed by atoms with E-state index in [-0.39, 0.29) is 17.6 Å². The van der Waals surface area contributed by atoms with Gasteiger partial charge in [-0.2, -0.15) is 0 Å². The van der Waals surface area contributed by atoms with E-state index in [9.17, 15) is 14.7 Å². The highest BCUT2D eigenvalue weighted by atomic mass is 16.4. The van der Waals surface area contributed by atoms with Gasteiger partial charge in [0.2, 0.25) is 0 Å². The molecule has 21 heavy (non-hydrogen) atoms. The van der Waals surface area contributed by atoms with Gasteiger partial charge < -0.3 is 10.0 Å². The fraction of sp³-hybridized carbons (Fsp3) is 0.500. The maximum atomic E-state index is 12.7. The van der Waals surface area contributed by atoms with Crippen LogP contribution in [-0.4, -0.2) is 41.6 Å². The minimum absolute atomic E-state index is 0.125. The topological polar surface area (TPSA) is 60.9 Å².